The third-order valence-electron chi connectivity index (χ3n) is 2.29. The number of anilines is 1. The Kier molecular flexibility index (Phi) is 7.05. The molecule has 0 aliphatic carbocycles. The number of ether oxygens (including phenoxy) is 1. The quantitative estimate of drug-likeness (QED) is 0.823. The van der Waals surface area contributed by atoms with Crippen molar-refractivity contribution >= 4 is 46.4 Å². The first kappa shape index (κ1) is 17.9. The van der Waals surface area contributed by atoms with E-state index in [0.717, 1.165) is 0 Å². The molecule has 1 aromatic heterocycles. The number of hydrogen-bond acceptors (Lipinski definition) is 3. The Balaban J connectivity index is 0.00000220. The molecular formula is C13H9Cl4N2O2-. The van der Waals surface area contributed by atoms with Gasteiger partial charge in [-0.05, 0) is 30.3 Å². The zero-order chi connectivity index (χ0) is 14.5. The van der Waals surface area contributed by atoms with Crippen LogP contribution in [-0.4, -0.2) is 17.5 Å². The number of pyridine rings is 1. The van der Waals surface area contributed by atoms with Crippen molar-refractivity contribution in [2.45, 2.75) is 0 Å². The standard InChI is InChI=1S/C13H9Cl3N2O2.ClH/c14-8-3-4-11(9(15)6-8)20-7-12(19)18-10-2-1-5-17-13(10)16;/h1-6H,7H2,(H,18,19);1H/p-1. The van der Waals surface area contributed by atoms with Crippen molar-refractivity contribution in [1.29, 1.82) is 0 Å². The van der Waals surface area contributed by atoms with Crippen molar-refractivity contribution in [3.05, 3.63) is 51.7 Å². The summed E-state index contributed by atoms with van der Waals surface area (Å²) in [5.74, 6) is 0.00872. The Hall–Kier alpha value is -1.20. The average Bonchev–Trinajstić information content (AvgIpc) is 2.40. The molecule has 21 heavy (non-hydrogen) atoms. The summed E-state index contributed by atoms with van der Waals surface area (Å²) in [5, 5.41) is 3.63. The summed E-state index contributed by atoms with van der Waals surface area (Å²) in [6.07, 6.45) is 1.53. The highest BCUT2D eigenvalue weighted by atomic mass is 35.5. The molecule has 0 spiro atoms. The van der Waals surface area contributed by atoms with Gasteiger partial charge in [0.1, 0.15) is 5.75 Å². The highest BCUT2D eigenvalue weighted by molar-refractivity contribution is 6.35. The molecular weight excluding hydrogens is 358 g/mol. The van der Waals surface area contributed by atoms with Crippen molar-refractivity contribution in [3.8, 4) is 5.75 Å². The molecule has 0 aliphatic rings. The second-order valence-electron chi connectivity index (χ2n) is 3.75. The Morgan fingerprint density at radius 2 is 2.00 bits per heavy atom. The Labute approximate surface area is 142 Å². The Morgan fingerprint density at radius 3 is 2.67 bits per heavy atom. The molecule has 4 nitrogen and oxygen atoms in total. The van der Waals surface area contributed by atoms with E-state index < -0.39 is 0 Å². The van der Waals surface area contributed by atoms with Gasteiger partial charge < -0.3 is 22.5 Å². The van der Waals surface area contributed by atoms with Gasteiger partial charge in [-0.3, -0.25) is 4.79 Å². The number of amides is 1. The monoisotopic (exact) mass is 365 g/mol. The van der Waals surface area contributed by atoms with Crippen LogP contribution in [-0.2, 0) is 4.79 Å². The maximum atomic E-state index is 11.7. The molecule has 0 atom stereocenters. The number of nitrogens with zero attached hydrogens (tertiary/aromatic N) is 1. The van der Waals surface area contributed by atoms with E-state index >= 15 is 0 Å². The van der Waals surface area contributed by atoms with Crippen LogP contribution in [0.1, 0.15) is 0 Å². The SMILES string of the molecule is O=C(COc1ccc(Cl)cc1Cl)Nc1cccnc1Cl.[Cl-]. The lowest BCUT2D eigenvalue weighted by Gasteiger charge is -2.09. The first-order valence-electron chi connectivity index (χ1n) is 5.54. The predicted octanol–water partition coefficient (Wildman–Crippen LogP) is 1.06. The van der Waals surface area contributed by atoms with Gasteiger partial charge in [0.25, 0.3) is 5.91 Å². The van der Waals surface area contributed by atoms with Crippen molar-refractivity contribution in [3.63, 3.8) is 0 Å². The van der Waals surface area contributed by atoms with Gasteiger partial charge in [0, 0.05) is 11.2 Å². The lowest BCUT2D eigenvalue weighted by molar-refractivity contribution is -0.118. The van der Waals surface area contributed by atoms with Crippen LogP contribution in [0.25, 0.3) is 0 Å². The molecule has 0 radical (unpaired) electrons. The third-order valence-corrected chi connectivity index (χ3v) is 3.12. The van der Waals surface area contributed by atoms with Gasteiger partial charge in [-0.15, -0.1) is 0 Å². The number of nitrogens with one attached hydrogen (secondary N) is 1. The van der Waals surface area contributed by atoms with Crippen LogP contribution in [0.15, 0.2) is 36.5 Å². The molecule has 0 unspecified atom stereocenters. The molecule has 0 saturated heterocycles. The first-order chi connectivity index (χ1) is 9.56. The molecule has 0 fully saturated rings. The van der Waals surface area contributed by atoms with E-state index in [0.29, 0.717) is 21.5 Å². The van der Waals surface area contributed by atoms with Crippen LogP contribution < -0.4 is 22.5 Å². The van der Waals surface area contributed by atoms with Gasteiger partial charge >= 0.3 is 0 Å². The van der Waals surface area contributed by atoms with E-state index in [2.05, 4.69) is 10.3 Å². The highest BCUT2D eigenvalue weighted by Gasteiger charge is 2.08. The summed E-state index contributed by atoms with van der Waals surface area (Å²) in [6, 6.07) is 8.06. The molecule has 2 rings (SSSR count). The lowest BCUT2D eigenvalue weighted by atomic mass is 10.3. The summed E-state index contributed by atoms with van der Waals surface area (Å²) in [5.41, 5.74) is 0.421. The minimum absolute atomic E-state index is 0. The van der Waals surface area contributed by atoms with Gasteiger partial charge in [0.05, 0.1) is 10.7 Å². The summed E-state index contributed by atoms with van der Waals surface area (Å²) in [4.78, 5) is 15.6. The number of hydrogen-bond donors (Lipinski definition) is 1. The first-order valence-corrected chi connectivity index (χ1v) is 6.68. The third kappa shape index (κ3) is 5.25. The van der Waals surface area contributed by atoms with E-state index in [1.54, 1.807) is 24.3 Å². The van der Waals surface area contributed by atoms with Crippen LogP contribution >= 0.6 is 34.8 Å². The number of aromatic nitrogens is 1. The second kappa shape index (κ2) is 8.29. The molecule has 0 saturated carbocycles. The van der Waals surface area contributed by atoms with E-state index in [1.807, 2.05) is 0 Å². The van der Waals surface area contributed by atoms with Crippen LogP contribution in [0.5, 0.6) is 5.75 Å². The number of benzene rings is 1. The van der Waals surface area contributed by atoms with Gasteiger partial charge in [-0.1, -0.05) is 34.8 Å². The fraction of sp³-hybridized carbons (Fsp3) is 0.0769. The van der Waals surface area contributed by atoms with E-state index in [-0.39, 0.29) is 30.1 Å². The van der Waals surface area contributed by atoms with Crippen molar-refractivity contribution in [1.82, 2.24) is 4.98 Å². The molecule has 8 heteroatoms. The van der Waals surface area contributed by atoms with Gasteiger partial charge in [0.2, 0.25) is 0 Å². The highest BCUT2D eigenvalue weighted by Crippen LogP contribution is 2.27. The molecule has 112 valence electrons. The smallest absolute Gasteiger partial charge is 0.262 e. The molecule has 1 heterocycles. The molecule has 1 N–H and O–H groups in total. The van der Waals surface area contributed by atoms with E-state index in [1.165, 1.54) is 12.3 Å². The van der Waals surface area contributed by atoms with E-state index in [4.69, 9.17) is 39.5 Å². The number of carbonyl (C=O) groups is 1. The van der Waals surface area contributed by atoms with Gasteiger partial charge in [-0.25, -0.2) is 4.98 Å². The Bertz CT molecular complexity index is 637. The van der Waals surface area contributed by atoms with Gasteiger partial charge in [-0.2, -0.15) is 0 Å². The summed E-state index contributed by atoms with van der Waals surface area (Å²) in [6.45, 7) is -0.202. The fourth-order valence-electron chi connectivity index (χ4n) is 1.40. The van der Waals surface area contributed by atoms with E-state index in [9.17, 15) is 4.79 Å². The van der Waals surface area contributed by atoms with Crippen LogP contribution in [0.4, 0.5) is 5.69 Å². The second-order valence-corrected chi connectivity index (χ2v) is 4.96. The minimum atomic E-state index is -0.370. The molecule has 2 aromatic rings. The largest absolute Gasteiger partial charge is 1.00 e. The normalized spacial score (nSPS) is 9.67. The fourth-order valence-corrected chi connectivity index (χ4v) is 2.03. The number of carbonyl (C=O) groups excluding carboxylic acids is 1. The van der Waals surface area contributed by atoms with Crippen LogP contribution in [0, 0.1) is 0 Å². The zero-order valence-corrected chi connectivity index (χ0v) is 13.5. The van der Waals surface area contributed by atoms with Crippen molar-refractivity contribution in [2.24, 2.45) is 0 Å². The Morgan fingerprint density at radius 1 is 1.24 bits per heavy atom. The van der Waals surface area contributed by atoms with Crippen LogP contribution in [0.3, 0.4) is 0 Å². The molecule has 1 amide bonds. The van der Waals surface area contributed by atoms with Gasteiger partial charge in [0.15, 0.2) is 11.8 Å². The maximum absolute atomic E-state index is 11.7. The summed E-state index contributed by atoms with van der Waals surface area (Å²) in [7, 11) is 0. The topological polar surface area (TPSA) is 51.2 Å². The molecule has 0 bridgehead atoms. The average molecular weight is 367 g/mol. The predicted molar refractivity (Wildman–Crippen MR) is 79.8 cm³/mol. The lowest BCUT2D eigenvalue weighted by Crippen LogP contribution is -3.00. The molecule has 0 aliphatic heterocycles. The van der Waals surface area contributed by atoms with Crippen molar-refractivity contribution < 1.29 is 21.9 Å². The van der Waals surface area contributed by atoms with Crippen molar-refractivity contribution in [2.75, 3.05) is 11.9 Å². The summed E-state index contributed by atoms with van der Waals surface area (Å²) < 4.78 is 5.30. The maximum Gasteiger partial charge on any atom is 0.262 e. The minimum Gasteiger partial charge on any atom is -1.00 e. The number of halogens is 4. The zero-order valence-electron chi connectivity index (χ0n) is 10.4. The van der Waals surface area contributed by atoms with Crippen LogP contribution in [0.2, 0.25) is 15.2 Å². The summed E-state index contributed by atoms with van der Waals surface area (Å²) >= 11 is 17.5. The number of rotatable bonds is 4. The molecule has 1 aromatic carbocycles.